The van der Waals surface area contributed by atoms with Gasteiger partial charge in [0.1, 0.15) is 5.82 Å². The average Bonchev–Trinajstić information content (AvgIpc) is 3.05. The van der Waals surface area contributed by atoms with E-state index in [0.29, 0.717) is 16.7 Å². The molecule has 0 bridgehead atoms. The number of hydrogen-bond acceptors (Lipinski definition) is 6. The molecular weight excluding hydrogens is 252 g/mol. The molecule has 7 nitrogen and oxygen atoms in total. The smallest absolute Gasteiger partial charge is 0.282 e. The molecule has 2 rings (SSSR count). The van der Waals surface area contributed by atoms with Gasteiger partial charge in [0.05, 0.1) is 0 Å². The van der Waals surface area contributed by atoms with E-state index in [1.807, 2.05) is 0 Å². The van der Waals surface area contributed by atoms with Gasteiger partial charge in [0.2, 0.25) is 10.1 Å². The van der Waals surface area contributed by atoms with Gasteiger partial charge >= 0.3 is 0 Å². The number of amides is 1. The van der Waals surface area contributed by atoms with Crippen LogP contribution in [0.25, 0.3) is 0 Å². The number of H-pyrrole nitrogens is 1. The molecule has 18 heavy (non-hydrogen) atoms. The summed E-state index contributed by atoms with van der Waals surface area (Å²) < 4.78 is 0. The van der Waals surface area contributed by atoms with Crippen molar-refractivity contribution in [3.8, 4) is 0 Å². The Kier molecular flexibility index (Phi) is 4.24. The molecule has 0 unspecified atom stereocenters. The van der Waals surface area contributed by atoms with Gasteiger partial charge in [-0.2, -0.15) is 0 Å². The first-order valence-electron chi connectivity index (χ1n) is 5.57. The minimum Gasteiger partial charge on any atom is -0.363 e. The molecule has 2 aromatic heterocycles. The number of anilines is 1. The van der Waals surface area contributed by atoms with Crippen LogP contribution in [0.1, 0.15) is 22.0 Å². The Hall–Kier alpha value is -1.96. The fourth-order valence-corrected chi connectivity index (χ4v) is 2.00. The standard InChI is InChI=1S/C10H14N6OS/c1-11-10-16-15-9(18-10)8(17)14-4-2-3-7-12-5-6-13-7/h5-6H,2-4H2,1H3,(H,11,16)(H,12,13)(H,14,17). The molecule has 2 heterocycles. The molecule has 0 aliphatic carbocycles. The Morgan fingerprint density at radius 2 is 2.39 bits per heavy atom. The molecule has 0 saturated carbocycles. The van der Waals surface area contributed by atoms with Gasteiger partial charge in [-0.3, -0.25) is 4.79 Å². The molecule has 0 aromatic carbocycles. The van der Waals surface area contributed by atoms with Crippen molar-refractivity contribution in [2.24, 2.45) is 0 Å². The molecule has 0 spiro atoms. The summed E-state index contributed by atoms with van der Waals surface area (Å²) in [6.45, 7) is 0.591. The zero-order valence-corrected chi connectivity index (χ0v) is 10.8. The van der Waals surface area contributed by atoms with E-state index in [-0.39, 0.29) is 5.91 Å². The summed E-state index contributed by atoms with van der Waals surface area (Å²) in [5.41, 5.74) is 0. The Balaban J connectivity index is 1.71. The topological polar surface area (TPSA) is 95.6 Å². The van der Waals surface area contributed by atoms with Gasteiger partial charge in [-0.15, -0.1) is 10.2 Å². The first-order valence-corrected chi connectivity index (χ1v) is 6.39. The molecule has 0 aliphatic rings. The summed E-state index contributed by atoms with van der Waals surface area (Å²) in [5, 5.41) is 14.2. The highest BCUT2D eigenvalue weighted by Crippen LogP contribution is 2.13. The van der Waals surface area contributed by atoms with Gasteiger partial charge in [0.15, 0.2) is 0 Å². The molecule has 2 aromatic rings. The maximum absolute atomic E-state index is 11.7. The van der Waals surface area contributed by atoms with E-state index in [1.54, 1.807) is 19.4 Å². The number of aryl methyl sites for hydroxylation is 1. The molecule has 0 aliphatic heterocycles. The van der Waals surface area contributed by atoms with Gasteiger partial charge in [-0.25, -0.2) is 4.98 Å². The van der Waals surface area contributed by atoms with Crippen molar-refractivity contribution in [2.45, 2.75) is 12.8 Å². The number of nitrogens with one attached hydrogen (secondary N) is 3. The zero-order chi connectivity index (χ0) is 12.8. The summed E-state index contributed by atoms with van der Waals surface area (Å²) in [6.07, 6.45) is 5.14. The Labute approximate surface area is 108 Å². The molecular formula is C10H14N6OS. The van der Waals surface area contributed by atoms with Crippen LogP contribution in [0.3, 0.4) is 0 Å². The number of imidazole rings is 1. The second kappa shape index (κ2) is 6.10. The third-order valence-corrected chi connectivity index (χ3v) is 3.20. The van der Waals surface area contributed by atoms with Crippen LogP contribution in [0, 0.1) is 0 Å². The van der Waals surface area contributed by atoms with Crippen LogP contribution in [-0.4, -0.2) is 39.7 Å². The highest BCUT2D eigenvalue weighted by atomic mass is 32.1. The van der Waals surface area contributed by atoms with Crippen LogP contribution in [-0.2, 0) is 6.42 Å². The van der Waals surface area contributed by atoms with Gasteiger partial charge < -0.3 is 15.6 Å². The van der Waals surface area contributed by atoms with E-state index in [0.717, 1.165) is 18.7 Å². The maximum atomic E-state index is 11.7. The van der Waals surface area contributed by atoms with Gasteiger partial charge in [-0.1, -0.05) is 11.3 Å². The Bertz CT molecular complexity index is 494. The average molecular weight is 266 g/mol. The van der Waals surface area contributed by atoms with Crippen molar-refractivity contribution in [3.05, 3.63) is 23.2 Å². The Morgan fingerprint density at radius 1 is 1.50 bits per heavy atom. The minimum absolute atomic E-state index is 0.187. The fraction of sp³-hybridized carbons (Fsp3) is 0.400. The van der Waals surface area contributed by atoms with Crippen molar-refractivity contribution in [2.75, 3.05) is 18.9 Å². The SMILES string of the molecule is CNc1nnc(C(=O)NCCCc2ncc[nH]2)s1. The van der Waals surface area contributed by atoms with E-state index >= 15 is 0 Å². The van der Waals surface area contributed by atoms with Gasteiger partial charge in [-0.05, 0) is 6.42 Å². The van der Waals surface area contributed by atoms with Crippen LogP contribution in [0.4, 0.5) is 5.13 Å². The van der Waals surface area contributed by atoms with Gasteiger partial charge in [0.25, 0.3) is 5.91 Å². The summed E-state index contributed by atoms with van der Waals surface area (Å²) in [7, 11) is 1.74. The lowest BCUT2D eigenvalue weighted by molar-refractivity contribution is 0.0952. The largest absolute Gasteiger partial charge is 0.363 e. The Morgan fingerprint density at radius 3 is 3.06 bits per heavy atom. The van der Waals surface area contributed by atoms with Gasteiger partial charge in [0, 0.05) is 32.4 Å². The van der Waals surface area contributed by atoms with Crippen molar-refractivity contribution in [3.63, 3.8) is 0 Å². The van der Waals surface area contributed by atoms with Crippen LogP contribution in [0.15, 0.2) is 12.4 Å². The molecule has 0 atom stereocenters. The maximum Gasteiger partial charge on any atom is 0.282 e. The van der Waals surface area contributed by atoms with Crippen molar-refractivity contribution in [1.29, 1.82) is 0 Å². The third kappa shape index (κ3) is 3.27. The number of hydrogen-bond donors (Lipinski definition) is 3. The van der Waals surface area contributed by atoms with E-state index in [9.17, 15) is 4.79 Å². The summed E-state index contributed by atoms with van der Waals surface area (Å²) in [6, 6.07) is 0. The van der Waals surface area contributed by atoms with E-state index in [2.05, 4.69) is 30.8 Å². The molecule has 0 saturated heterocycles. The second-order valence-corrected chi connectivity index (χ2v) is 4.54. The van der Waals surface area contributed by atoms with Crippen LogP contribution >= 0.6 is 11.3 Å². The molecule has 3 N–H and O–H groups in total. The fourth-order valence-electron chi connectivity index (χ4n) is 1.38. The molecule has 96 valence electrons. The number of carbonyl (C=O) groups is 1. The molecule has 0 fully saturated rings. The lowest BCUT2D eigenvalue weighted by Gasteiger charge is -2.01. The van der Waals surface area contributed by atoms with Crippen LogP contribution < -0.4 is 10.6 Å². The molecule has 8 heteroatoms. The third-order valence-electron chi connectivity index (χ3n) is 2.26. The quantitative estimate of drug-likeness (QED) is 0.668. The van der Waals surface area contributed by atoms with E-state index in [4.69, 9.17) is 0 Å². The van der Waals surface area contributed by atoms with Crippen molar-refractivity contribution < 1.29 is 4.79 Å². The second-order valence-electron chi connectivity index (χ2n) is 3.56. The first kappa shape index (κ1) is 12.5. The normalized spacial score (nSPS) is 10.3. The molecule has 0 radical (unpaired) electrons. The lowest BCUT2D eigenvalue weighted by Crippen LogP contribution is -2.24. The summed E-state index contributed by atoms with van der Waals surface area (Å²) >= 11 is 1.23. The van der Waals surface area contributed by atoms with Crippen LogP contribution in [0.2, 0.25) is 0 Å². The number of aromatic amines is 1. The number of carbonyl (C=O) groups excluding carboxylic acids is 1. The zero-order valence-electron chi connectivity index (χ0n) is 9.93. The predicted octanol–water partition coefficient (Wildman–Crippen LogP) is 0.665. The first-order chi connectivity index (χ1) is 8.79. The monoisotopic (exact) mass is 266 g/mol. The van der Waals surface area contributed by atoms with Crippen molar-refractivity contribution in [1.82, 2.24) is 25.5 Å². The number of rotatable bonds is 6. The number of aromatic nitrogens is 4. The summed E-state index contributed by atoms with van der Waals surface area (Å²) in [4.78, 5) is 18.8. The summed E-state index contributed by atoms with van der Waals surface area (Å²) in [5.74, 6) is 0.742. The minimum atomic E-state index is -0.187. The van der Waals surface area contributed by atoms with E-state index in [1.165, 1.54) is 11.3 Å². The molecule has 1 amide bonds. The lowest BCUT2D eigenvalue weighted by atomic mass is 10.3. The highest BCUT2D eigenvalue weighted by molar-refractivity contribution is 7.17. The predicted molar refractivity (Wildman–Crippen MR) is 68.7 cm³/mol. The van der Waals surface area contributed by atoms with Crippen molar-refractivity contribution >= 4 is 22.4 Å². The van der Waals surface area contributed by atoms with Crippen LogP contribution in [0.5, 0.6) is 0 Å². The highest BCUT2D eigenvalue weighted by Gasteiger charge is 2.11. The van der Waals surface area contributed by atoms with E-state index < -0.39 is 0 Å². The number of nitrogens with zero attached hydrogens (tertiary/aromatic N) is 3.